The summed E-state index contributed by atoms with van der Waals surface area (Å²) < 4.78 is 28.2. The number of hydrogen-bond acceptors (Lipinski definition) is 4. The molecule has 0 unspecified atom stereocenters. The molecule has 1 aromatic carbocycles. The Bertz CT molecular complexity index is 890. The van der Waals surface area contributed by atoms with Crippen molar-refractivity contribution in [1.82, 2.24) is 14.6 Å². The SMILES string of the molecule is CC[C@H](Nc1ccn2ncc(C(=O)O)c2n1)c1cc(F)cc(F)c1. The average molecular weight is 332 g/mol. The van der Waals surface area contributed by atoms with Crippen molar-refractivity contribution < 1.29 is 18.7 Å². The van der Waals surface area contributed by atoms with Crippen LogP contribution in [-0.2, 0) is 0 Å². The number of rotatable bonds is 5. The number of anilines is 1. The lowest BCUT2D eigenvalue weighted by Crippen LogP contribution is -2.12. The highest BCUT2D eigenvalue weighted by molar-refractivity contribution is 5.94. The summed E-state index contributed by atoms with van der Waals surface area (Å²) in [4.78, 5) is 15.4. The molecule has 0 saturated heterocycles. The fourth-order valence-corrected chi connectivity index (χ4v) is 2.48. The van der Waals surface area contributed by atoms with Crippen LogP contribution >= 0.6 is 0 Å². The Morgan fingerprint density at radius 1 is 1.33 bits per heavy atom. The molecule has 124 valence electrons. The van der Waals surface area contributed by atoms with Gasteiger partial charge in [-0.1, -0.05) is 6.92 Å². The number of carboxylic acid groups (broad SMARTS) is 1. The minimum atomic E-state index is -1.13. The second-order valence-electron chi connectivity index (χ2n) is 5.25. The van der Waals surface area contributed by atoms with Gasteiger partial charge in [0.2, 0.25) is 0 Å². The Morgan fingerprint density at radius 3 is 2.67 bits per heavy atom. The third kappa shape index (κ3) is 3.03. The molecule has 0 amide bonds. The third-order valence-electron chi connectivity index (χ3n) is 3.62. The molecule has 3 aromatic rings. The number of aromatic carboxylic acids is 1. The summed E-state index contributed by atoms with van der Waals surface area (Å²) in [6, 6.07) is 4.56. The molecule has 0 saturated carbocycles. The second-order valence-corrected chi connectivity index (χ2v) is 5.25. The van der Waals surface area contributed by atoms with E-state index in [9.17, 15) is 13.6 Å². The van der Waals surface area contributed by atoms with Crippen molar-refractivity contribution in [3.8, 4) is 0 Å². The van der Waals surface area contributed by atoms with E-state index in [-0.39, 0.29) is 17.3 Å². The average Bonchev–Trinajstić information content (AvgIpc) is 2.94. The van der Waals surface area contributed by atoms with Gasteiger partial charge in [-0.15, -0.1) is 0 Å². The van der Waals surface area contributed by atoms with Crippen LogP contribution in [0.3, 0.4) is 0 Å². The molecule has 24 heavy (non-hydrogen) atoms. The molecule has 2 aromatic heterocycles. The molecule has 2 N–H and O–H groups in total. The molecule has 6 nitrogen and oxygen atoms in total. The molecule has 0 aliphatic rings. The number of fused-ring (bicyclic) bond motifs is 1. The normalized spacial score (nSPS) is 12.3. The maximum Gasteiger partial charge on any atom is 0.341 e. The van der Waals surface area contributed by atoms with Gasteiger partial charge in [-0.25, -0.2) is 23.1 Å². The standard InChI is InChI=1S/C16H14F2N4O2/c1-2-13(9-5-10(17)7-11(18)6-9)20-14-3-4-22-15(21-14)12(8-19-22)16(23)24/h3-8,13H,2H2,1H3,(H,20,21)(H,23,24)/t13-/m0/s1. The molecule has 0 spiro atoms. The lowest BCUT2D eigenvalue weighted by molar-refractivity contribution is 0.0698. The Morgan fingerprint density at radius 2 is 2.04 bits per heavy atom. The van der Waals surface area contributed by atoms with Crippen molar-refractivity contribution in [2.24, 2.45) is 0 Å². The number of carboxylic acids is 1. The fraction of sp³-hybridized carbons (Fsp3) is 0.188. The minimum absolute atomic E-state index is 0.0245. The number of hydrogen-bond donors (Lipinski definition) is 2. The van der Waals surface area contributed by atoms with Crippen molar-refractivity contribution in [1.29, 1.82) is 0 Å². The van der Waals surface area contributed by atoms with Gasteiger partial charge in [0, 0.05) is 12.3 Å². The lowest BCUT2D eigenvalue weighted by atomic mass is 10.0. The van der Waals surface area contributed by atoms with Crippen LogP contribution in [0.2, 0.25) is 0 Å². The summed E-state index contributed by atoms with van der Waals surface area (Å²) in [5, 5.41) is 16.1. The highest BCUT2D eigenvalue weighted by atomic mass is 19.1. The highest BCUT2D eigenvalue weighted by Gasteiger charge is 2.16. The molecule has 0 radical (unpaired) electrons. The smallest absolute Gasteiger partial charge is 0.341 e. The van der Waals surface area contributed by atoms with E-state index in [1.807, 2.05) is 6.92 Å². The van der Waals surface area contributed by atoms with Crippen LogP contribution < -0.4 is 5.32 Å². The second kappa shape index (κ2) is 6.23. The molecule has 2 heterocycles. The van der Waals surface area contributed by atoms with Gasteiger partial charge in [-0.05, 0) is 30.2 Å². The molecule has 0 bridgehead atoms. The van der Waals surface area contributed by atoms with Gasteiger partial charge >= 0.3 is 5.97 Å². The first-order chi connectivity index (χ1) is 11.5. The van der Waals surface area contributed by atoms with Gasteiger partial charge in [0.15, 0.2) is 5.65 Å². The van der Waals surface area contributed by atoms with Crippen molar-refractivity contribution in [3.63, 3.8) is 0 Å². The van der Waals surface area contributed by atoms with Crippen LogP contribution in [0.1, 0.15) is 35.3 Å². The lowest BCUT2D eigenvalue weighted by Gasteiger charge is -2.18. The molecule has 1 atom stereocenters. The predicted molar refractivity (Wildman–Crippen MR) is 83.0 cm³/mol. The Kier molecular flexibility index (Phi) is 4.11. The van der Waals surface area contributed by atoms with Crippen LogP contribution in [-0.4, -0.2) is 25.7 Å². The van der Waals surface area contributed by atoms with Crippen LogP contribution in [0.15, 0.2) is 36.7 Å². The van der Waals surface area contributed by atoms with Gasteiger partial charge < -0.3 is 10.4 Å². The van der Waals surface area contributed by atoms with E-state index < -0.39 is 17.6 Å². The number of benzene rings is 1. The van der Waals surface area contributed by atoms with Crippen molar-refractivity contribution >= 4 is 17.4 Å². The summed E-state index contributed by atoms with van der Waals surface area (Å²) in [6.45, 7) is 1.86. The fourth-order valence-electron chi connectivity index (χ4n) is 2.48. The summed E-state index contributed by atoms with van der Waals surface area (Å²) in [5.74, 6) is -2.05. The van der Waals surface area contributed by atoms with Crippen LogP contribution in [0.4, 0.5) is 14.6 Å². The van der Waals surface area contributed by atoms with E-state index in [0.717, 1.165) is 6.07 Å². The maximum absolute atomic E-state index is 13.4. The van der Waals surface area contributed by atoms with Crippen molar-refractivity contribution in [3.05, 3.63) is 59.4 Å². The predicted octanol–water partition coefficient (Wildman–Crippen LogP) is 3.27. The van der Waals surface area contributed by atoms with E-state index in [1.165, 1.54) is 22.8 Å². The molecule has 0 aliphatic carbocycles. The summed E-state index contributed by atoms with van der Waals surface area (Å²) in [6.07, 6.45) is 3.34. The van der Waals surface area contributed by atoms with Crippen molar-refractivity contribution in [2.75, 3.05) is 5.32 Å². The third-order valence-corrected chi connectivity index (χ3v) is 3.62. The Labute approximate surface area is 135 Å². The van der Waals surface area contributed by atoms with Crippen LogP contribution in [0.5, 0.6) is 0 Å². The molecule has 0 fully saturated rings. The Balaban J connectivity index is 1.94. The summed E-state index contributed by atoms with van der Waals surface area (Å²) in [5.41, 5.74) is 0.611. The molecular formula is C16H14F2N4O2. The van der Waals surface area contributed by atoms with E-state index >= 15 is 0 Å². The van der Waals surface area contributed by atoms with Crippen molar-refractivity contribution in [2.45, 2.75) is 19.4 Å². The zero-order chi connectivity index (χ0) is 17.3. The first-order valence-electron chi connectivity index (χ1n) is 7.28. The van der Waals surface area contributed by atoms with E-state index in [4.69, 9.17) is 5.11 Å². The number of carbonyl (C=O) groups is 1. The van der Waals surface area contributed by atoms with Crippen LogP contribution in [0, 0.1) is 11.6 Å². The highest BCUT2D eigenvalue weighted by Crippen LogP contribution is 2.24. The summed E-state index contributed by atoms with van der Waals surface area (Å²) >= 11 is 0. The topological polar surface area (TPSA) is 79.5 Å². The first kappa shape index (κ1) is 15.9. The monoisotopic (exact) mass is 332 g/mol. The van der Waals surface area contributed by atoms with Crippen LogP contribution in [0.25, 0.3) is 5.65 Å². The minimum Gasteiger partial charge on any atom is -0.477 e. The number of aromatic nitrogens is 3. The van der Waals surface area contributed by atoms with Gasteiger partial charge in [0.05, 0.1) is 12.2 Å². The largest absolute Gasteiger partial charge is 0.477 e. The number of halogens is 2. The molecule has 0 aliphatic heterocycles. The number of nitrogens with zero attached hydrogens (tertiary/aromatic N) is 3. The van der Waals surface area contributed by atoms with Gasteiger partial charge in [-0.2, -0.15) is 5.10 Å². The van der Waals surface area contributed by atoms with Gasteiger partial charge in [0.25, 0.3) is 0 Å². The van der Waals surface area contributed by atoms with E-state index in [1.54, 1.807) is 12.3 Å². The summed E-state index contributed by atoms with van der Waals surface area (Å²) in [7, 11) is 0. The molecular weight excluding hydrogens is 318 g/mol. The first-order valence-corrected chi connectivity index (χ1v) is 7.28. The van der Waals surface area contributed by atoms with Gasteiger partial charge in [-0.3, -0.25) is 0 Å². The Hall–Kier alpha value is -3.03. The van der Waals surface area contributed by atoms with E-state index in [2.05, 4.69) is 15.4 Å². The zero-order valence-electron chi connectivity index (χ0n) is 12.7. The molecule has 3 rings (SSSR count). The quantitative estimate of drug-likeness (QED) is 0.749. The number of nitrogens with one attached hydrogen (secondary N) is 1. The molecule has 8 heteroatoms. The van der Waals surface area contributed by atoms with Gasteiger partial charge in [0.1, 0.15) is 23.0 Å². The zero-order valence-corrected chi connectivity index (χ0v) is 12.7. The maximum atomic E-state index is 13.4. The van der Waals surface area contributed by atoms with E-state index in [0.29, 0.717) is 17.8 Å².